The van der Waals surface area contributed by atoms with Crippen molar-refractivity contribution in [3.8, 4) is 0 Å². The lowest BCUT2D eigenvalue weighted by Crippen LogP contribution is -2.36. The molecule has 1 aromatic carbocycles. The van der Waals surface area contributed by atoms with Gasteiger partial charge in [-0.15, -0.1) is 13.2 Å². The highest BCUT2D eigenvalue weighted by molar-refractivity contribution is 5.94. The zero-order valence-corrected chi connectivity index (χ0v) is 14.5. The number of pyridine rings is 1. The van der Waals surface area contributed by atoms with Gasteiger partial charge in [0.05, 0.1) is 12.0 Å². The smallest absolute Gasteiger partial charge is 0.305 e. The molecule has 1 heterocycles. The summed E-state index contributed by atoms with van der Waals surface area (Å²) in [6.07, 6.45) is 4.76. The van der Waals surface area contributed by atoms with Gasteiger partial charge in [-0.1, -0.05) is 12.1 Å². The minimum atomic E-state index is -0.965. The summed E-state index contributed by atoms with van der Waals surface area (Å²) in [6.45, 7) is 6.00. The van der Waals surface area contributed by atoms with Gasteiger partial charge in [0.15, 0.2) is 0 Å². The lowest BCUT2D eigenvalue weighted by molar-refractivity contribution is -0.137. The van der Waals surface area contributed by atoms with Crippen LogP contribution in [0, 0.1) is 5.82 Å². The van der Waals surface area contributed by atoms with Crippen LogP contribution in [-0.4, -0.2) is 28.0 Å². The van der Waals surface area contributed by atoms with Gasteiger partial charge in [0.2, 0.25) is 0 Å². The van der Waals surface area contributed by atoms with Crippen LogP contribution in [0.4, 0.5) is 4.39 Å². The van der Waals surface area contributed by atoms with E-state index >= 15 is 0 Å². The van der Waals surface area contributed by atoms with E-state index in [9.17, 15) is 14.0 Å². The van der Waals surface area contributed by atoms with Crippen LogP contribution < -0.4 is 5.32 Å². The minimum Gasteiger partial charge on any atom is -0.481 e. The summed E-state index contributed by atoms with van der Waals surface area (Å²) in [5.41, 5.74) is 1.37. The lowest BCUT2D eigenvalue weighted by atomic mass is 10.0. The summed E-state index contributed by atoms with van der Waals surface area (Å²) in [6, 6.07) is 9.01. The molecule has 5 nitrogen and oxygen atoms in total. The van der Waals surface area contributed by atoms with Crippen LogP contribution >= 0.6 is 0 Å². The molecule has 1 atom stereocenters. The van der Waals surface area contributed by atoms with E-state index in [1.54, 1.807) is 30.5 Å². The quantitative estimate of drug-likeness (QED) is 0.707. The van der Waals surface area contributed by atoms with E-state index in [4.69, 9.17) is 5.11 Å². The lowest BCUT2D eigenvalue weighted by Gasteiger charge is -2.17. The number of aliphatic carboxylic acids is 1. The van der Waals surface area contributed by atoms with Gasteiger partial charge in [-0.05, 0) is 49.1 Å². The molecule has 0 aliphatic heterocycles. The van der Waals surface area contributed by atoms with E-state index in [1.165, 1.54) is 18.3 Å². The number of nitrogens with one attached hydrogen (secondary N) is 1. The Morgan fingerprint density at radius 3 is 2.46 bits per heavy atom. The maximum atomic E-state index is 12.9. The van der Waals surface area contributed by atoms with Gasteiger partial charge in [-0.25, -0.2) is 4.39 Å². The van der Waals surface area contributed by atoms with E-state index in [0.717, 1.165) is 5.56 Å². The Kier molecular flexibility index (Phi) is 9.31. The number of halogens is 1. The zero-order chi connectivity index (χ0) is 19.4. The van der Waals surface area contributed by atoms with E-state index in [0.29, 0.717) is 24.8 Å². The largest absolute Gasteiger partial charge is 0.481 e. The molecule has 0 aliphatic carbocycles. The molecule has 2 aromatic rings. The van der Waals surface area contributed by atoms with Crippen LogP contribution in [0.25, 0.3) is 0 Å². The fraction of sp³-hybridized carbons (Fsp3) is 0.250. The molecule has 0 radical (unpaired) electrons. The number of carbonyl (C=O) groups excluding carboxylic acids is 1. The molecule has 2 N–H and O–H groups in total. The fourth-order valence-corrected chi connectivity index (χ4v) is 2.41. The van der Waals surface area contributed by atoms with Gasteiger partial charge in [-0.2, -0.15) is 0 Å². The fourth-order valence-electron chi connectivity index (χ4n) is 2.41. The van der Waals surface area contributed by atoms with Crippen LogP contribution in [0.5, 0.6) is 0 Å². The topological polar surface area (TPSA) is 79.3 Å². The summed E-state index contributed by atoms with van der Waals surface area (Å²) >= 11 is 0. The molecule has 2 rings (SSSR count). The summed E-state index contributed by atoms with van der Waals surface area (Å²) in [7, 11) is 0. The predicted octanol–water partition coefficient (Wildman–Crippen LogP) is 3.62. The Labute approximate surface area is 152 Å². The maximum absolute atomic E-state index is 12.9. The first-order valence-corrected chi connectivity index (χ1v) is 8.21. The van der Waals surface area contributed by atoms with Crippen LogP contribution in [-0.2, 0) is 11.2 Å². The third-order valence-electron chi connectivity index (χ3n) is 3.61. The van der Waals surface area contributed by atoms with Crippen LogP contribution in [0.15, 0.2) is 61.9 Å². The Morgan fingerprint density at radius 2 is 1.88 bits per heavy atom. The second-order valence-electron chi connectivity index (χ2n) is 5.53. The second-order valence-corrected chi connectivity index (χ2v) is 5.53. The number of hydrogen-bond acceptors (Lipinski definition) is 3. The Balaban J connectivity index is 0.00000163. The molecule has 0 saturated carbocycles. The third-order valence-corrected chi connectivity index (χ3v) is 3.61. The van der Waals surface area contributed by atoms with Crippen molar-refractivity contribution in [2.45, 2.75) is 31.7 Å². The van der Waals surface area contributed by atoms with Crippen molar-refractivity contribution in [3.05, 3.63) is 78.9 Å². The van der Waals surface area contributed by atoms with Crippen molar-refractivity contribution < 1.29 is 19.1 Å². The molecule has 1 unspecified atom stereocenters. The van der Waals surface area contributed by atoms with Crippen molar-refractivity contribution in [3.63, 3.8) is 0 Å². The molecule has 26 heavy (non-hydrogen) atoms. The standard InChI is InChI=1S/C18H19FN2O3.C2H4/c19-15-8-6-13(7-9-15)3-1-5-16(11-17(22)23)21-18(24)14-4-2-10-20-12-14;1-2/h2,4,6-10,12,16H,1,3,5,11H2,(H,21,24)(H,22,23);1-2H2. The Morgan fingerprint density at radius 1 is 1.19 bits per heavy atom. The first kappa shape index (κ1) is 21.0. The molecule has 1 amide bonds. The first-order chi connectivity index (χ1) is 12.5. The van der Waals surface area contributed by atoms with Crippen LogP contribution in [0.1, 0.15) is 35.2 Å². The molecular weight excluding hydrogens is 335 g/mol. The monoisotopic (exact) mass is 358 g/mol. The first-order valence-electron chi connectivity index (χ1n) is 8.21. The average molecular weight is 358 g/mol. The predicted molar refractivity (Wildman–Crippen MR) is 98.3 cm³/mol. The SMILES string of the molecule is C=C.O=C(O)CC(CCCc1ccc(F)cc1)NC(=O)c1cccnc1. The number of hydrogen-bond donors (Lipinski definition) is 2. The molecule has 0 saturated heterocycles. The number of carbonyl (C=O) groups is 2. The highest BCUT2D eigenvalue weighted by atomic mass is 19.1. The highest BCUT2D eigenvalue weighted by Crippen LogP contribution is 2.11. The third kappa shape index (κ3) is 7.70. The van der Waals surface area contributed by atoms with E-state index in [2.05, 4.69) is 23.5 Å². The number of aryl methyl sites for hydroxylation is 1. The molecule has 0 fully saturated rings. The number of aromatic nitrogens is 1. The maximum Gasteiger partial charge on any atom is 0.305 e. The number of nitrogens with zero attached hydrogens (tertiary/aromatic N) is 1. The average Bonchev–Trinajstić information content (AvgIpc) is 2.65. The van der Waals surface area contributed by atoms with Crippen LogP contribution in [0.2, 0.25) is 0 Å². The second kappa shape index (κ2) is 11.5. The molecular formula is C20H23FN2O3. The molecule has 1 aromatic heterocycles. The minimum absolute atomic E-state index is 0.143. The van der Waals surface area contributed by atoms with Crippen molar-refractivity contribution in [1.29, 1.82) is 0 Å². The number of benzene rings is 1. The Bertz CT molecular complexity index is 690. The molecule has 0 aliphatic rings. The highest BCUT2D eigenvalue weighted by Gasteiger charge is 2.17. The number of carboxylic acid groups (broad SMARTS) is 1. The van der Waals surface area contributed by atoms with E-state index in [1.807, 2.05) is 0 Å². The zero-order valence-electron chi connectivity index (χ0n) is 14.5. The van der Waals surface area contributed by atoms with Crippen molar-refractivity contribution in [2.24, 2.45) is 0 Å². The van der Waals surface area contributed by atoms with Gasteiger partial charge in [0.25, 0.3) is 5.91 Å². The molecule has 6 heteroatoms. The summed E-state index contributed by atoms with van der Waals surface area (Å²) < 4.78 is 12.9. The number of carboxylic acids is 1. The molecule has 138 valence electrons. The number of rotatable bonds is 8. The van der Waals surface area contributed by atoms with E-state index < -0.39 is 12.0 Å². The normalized spacial score (nSPS) is 11.0. The van der Waals surface area contributed by atoms with Gasteiger partial charge in [-0.3, -0.25) is 14.6 Å². The van der Waals surface area contributed by atoms with Crippen LogP contribution in [0.3, 0.4) is 0 Å². The van der Waals surface area contributed by atoms with Crippen molar-refractivity contribution in [2.75, 3.05) is 0 Å². The Hall–Kier alpha value is -3.02. The summed E-state index contributed by atoms with van der Waals surface area (Å²) in [5.74, 6) is -1.59. The summed E-state index contributed by atoms with van der Waals surface area (Å²) in [4.78, 5) is 27.0. The van der Waals surface area contributed by atoms with E-state index in [-0.39, 0.29) is 18.1 Å². The summed E-state index contributed by atoms with van der Waals surface area (Å²) in [5, 5.41) is 11.7. The van der Waals surface area contributed by atoms with Gasteiger partial charge in [0.1, 0.15) is 5.82 Å². The molecule has 0 bridgehead atoms. The number of amides is 1. The van der Waals surface area contributed by atoms with Crippen molar-refractivity contribution >= 4 is 11.9 Å². The van der Waals surface area contributed by atoms with Crippen molar-refractivity contribution in [1.82, 2.24) is 10.3 Å². The van der Waals surface area contributed by atoms with Gasteiger partial charge in [0, 0.05) is 18.4 Å². The van der Waals surface area contributed by atoms with Gasteiger partial charge < -0.3 is 10.4 Å². The van der Waals surface area contributed by atoms with Gasteiger partial charge >= 0.3 is 5.97 Å². The molecule has 0 spiro atoms.